The molecule has 1 aromatic carbocycles. The van der Waals surface area contributed by atoms with Crippen molar-refractivity contribution in [1.82, 2.24) is 9.97 Å². The fourth-order valence-corrected chi connectivity index (χ4v) is 2.30. The summed E-state index contributed by atoms with van der Waals surface area (Å²) in [6.45, 7) is 0. The summed E-state index contributed by atoms with van der Waals surface area (Å²) in [5, 5.41) is 3.27. The Morgan fingerprint density at radius 2 is 1.95 bits per heavy atom. The lowest BCUT2D eigenvalue weighted by atomic mass is 10.2. The van der Waals surface area contributed by atoms with E-state index in [0.29, 0.717) is 21.2 Å². The fraction of sp³-hybridized carbons (Fsp3) is 0. The van der Waals surface area contributed by atoms with Crippen molar-refractivity contribution in [2.24, 2.45) is 0 Å². The molecule has 0 aliphatic rings. The highest BCUT2D eigenvalue weighted by Gasteiger charge is 2.11. The number of furan rings is 1. The van der Waals surface area contributed by atoms with Crippen molar-refractivity contribution >= 4 is 39.1 Å². The van der Waals surface area contributed by atoms with E-state index < -0.39 is 0 Å². The molecule has 0 radical (unpaired) electrons. The summed E-state index contributed by atoms with van der Waals surface area (Å²) in [5.74, 6) is 0.358. The number of nitrogens with one attached hydrogen (secondary N) is 1. The molecule has 0 saturated carbocycles. The van der Waals surface area contributed by atoms with Gasteiger partial charge in [0.1, 0.15) is 0 Å². The van der Waals surface area contributed by atoms with Crippen LogP contribution in [-0.2, 0) is 0 Å². The Hall–Kier alpha value is -2.18. The normalized spacial score (nSPS) is 10.5. The first kappa shape index (κ1) is 14.7. The Morgan fingerprint density at radius 1 is 1.18 bits per heavy atom. The van der Waals surface area contributed by atoms with Gasteiger partial charge in [0.05, 0.1) is 18.1 Å². The number of amides is 1. The van der Waals surface area contributed by atoms with Gasteiger partial charge in [0.25, 0.3) is 5.91 Å². The minimum atomic E-state index is -0.371. The SMILES string of the molecule is O=C(Nc1cnc(-c2cccc(Cl)c2)nc1)c1ccc(Br)o1. The molecule has 0 aliphatic carbocycles. The third-order valence-electron chi connectivity index (χ3n) is 2.79. The first-order valence-electron chi connectivity index (χ1n) is 6.26. The van der Waals surface area contributed by atoms with Gasteiger partial charge < -0.3 is 9.73 Å². The summed E-state index contributed by atoms with van der Waals surface area (Å²) >= 11 is 9.08. The minimum Gasteiger partial charge on any atom is -0.444 e. The third kappa shape index (κ3) is 3.35. The highest BCUT2D eigenvalue weighted by Crippen LogP contribution is 2.20. The molecule has 0 unspecified atom stereocenters. The lowest BCUT2D eigenvalue weighted by molar-refractivity contribution is 0.0995. The van der Waals surface area contributed by atoms with Crippen molar-refractivity contribution in [1.29, 1.82) is 0 Å². The van der Waals surface area contributed by atoms with Gasteiger partial charge in [-0.3, -0.25) is 4.79 Å². The zero-order chi connectivity index (χ0) is 15.5. The molecule has 0 saturated heterocycles. The molecule has 5 nitrogen and oxygen atoms in total. The number of nitrogens with zero attached hydrogens (tertiary/aromatic N) is 2. The lowest BCUT2D eigenvalue weighted by Crippen LogP contribution is -2.11. The monoisotopic (exact) mass is 377 g/mol. The van der Waals surface area contributed by atoms with Crippen LogP contribution >= 0.6 is 27.5 Å². The molecule has 110 valence electrons. The van der Waals surface area contributed by atoms with Crippen LogP contribution in [0.2, 0.25) is 5.02 Å². The Balaban J connectivity index is 1.76. The summed E-state index contributed by atoms with van der Waals surface area (Å²) < 4.78 is 5.66. The molecule has 3 rings (SSSR count). The van der Waals surface area contributed by atoms with E-state index >= 15 is 0 Å². The van der Waals surface area contributed by atoms with Crippen LogP contribution in [0.3, 0.4) is 0 Å². The van der Waals surface area contributed by atoms with E-state index in [1.165, 1.54) is 12.4 Å². The largest absolute Gasteiger partial charge is 0.444 e. The standard InChI is InChI=1S/C15H9BrClN3O2/c16-13-5-4-12(22-13)15(21)20-11-7-18-14(19-8-11)9-2-1-3-10(17)6-9/h1-8H,(H,20,21). The third-order valence-corrected chi connectivity index (χ3v) is 3.45. The van der Waals surface area contributed by atoms with Crippen LogP contribution < -0.4 is 5.32 Å². The number of aromatic nitrogens is 2. The minimum absolute atomic E-state index is 0.200. The molecule has 0 fully saturated rings. The van der Waals surface area contributed by atoms with Crippen molar-refractivity contribution in [3.63, 3.8) is 0 Å². The zero-order valence-corrected chi connectivity index (χ0v) is 13.4. The molecule has 1 amide bonds. The van der Waals surface area contributed by atoms with Crippen molar-refractivity contribution in [3.8, 4) is 11.4 Å². The maximum absolute atomic E-state index is 11.9. The molecule has 0 atom stereocenters. The maximum Gasteiger partial charge on any atom is 0.291 e. The number of rotatable bonds is 3. The first-order valence-corrected chi connectivity index (χ1v) is 7.43. The van der Waals surface area contributed by atoms with Crippen molar-refractivity contribution < 1.29 is 9.21 Å². The van der Waals surface area contributed by atoms with E-state index in [9.17, 15) is 4.79 Å². The molecular formula is C15H9BrClN3O2. The average molecular weight is 379 g/mol. The number of anilines is 1. The number of carbonyl (C=O) groups excluding carboxylic acids is 1. The molecule has 3 aromatic rings. The second-order valence-corrected chi connectivity index (χ2v) is 5.58. The molecule has 0 spiro atoms. The van der Waals surface area contributed by atoms with Crippen LogP contribution in [0.5, 0.6) is 0 Å². The predicted molar refractivity (Wildman–Crippen MR) is 86.8 cm³/mol. The van der Waals surface area contributed by atoms with Gasteiger partial charge in [-0.15, -0.1) is 0 Å². The highest BCUT2D eigenvalue weighted by molar-refractivity contribution is 9.10. The van der Waals surface area contributed by atoms with Crippen LogP contribution in [-0.4, -0.2) is 15.9 Å². The van der Waals surface area contributed by atoms with Gasteiger partial charge in [-0.05, 0) is 40.2 Å². The van der Waals surface area contributed by atoms with E-state index in [1.807, 2.05) is 12.1 Å². The first-order chi connectivity index (χ1) is 10.6. The summed E-state index contributed by atoms with van der Waals surface area (Å²) in [6.07, 6.45) is 3.05. The van der Waals surface area contributed by atoms with Gasteiger partial charge in [0, 0.05) is 10.6 Å². The van der Waals surface area contributed by atoms with Crippen molar-refractivity contribution in [2.45, 2.75) is 0 Å². The fourth-order valence-electron chi connectivity index (χ4n) is 1.80. The second kappa shape index (κ2) is 6.29. The molecule has 0 bridgehead atoms. The molecule has 2 heterocycles. The summed E-state index contributed by atoms with van der Waals surface area (Å²) in [6, 6.07) is 10.5. The molecule has 7 heteroatoms. The number of carbonyl (C=O) groups is 1. The van der Waals surface area contributed by atoms with Crippen LogP contribution in [0.15, 0.2) is 57.9 Å². The smallest absolute Gasteiger partial charge is 0.291 e. The predicted octanol–water partition coefficient (Wildman–Crippen LogP) is 4.40. The van der Waals surface area contributed by atoms with Crippen LogP contribution in [0.4, 0.5) is 5.69 Å². The number of hydrogen-bond donors (Lipinski definition) is 1. The molecule has 2 aromatic heterocycles. The maximum atomic E-state index is 11.9. The molecule has 22 heavy (non-hydrogen) atoms. The van der Waals surface area contributed by atoms with E-state index in [1.54, 1.807) is 24.3 Å². The molecule has 0 aliphatic heterocycles. The van der Waals surface area contributed by atoms with Gasteiger partial charge in [-0.2, -0.15) is 0 Å². The van der Waals surface area contributed by atoms with Crippen LogP contribution in [0.1, 0.15) is 10.6 Å². The van der Waals surface area contributed by atoms with E-state index in [4.69, 9.17) is 16.0 Å². The quantitative estimate of drug-likeness (QED) is 0.733. The van der Waals surface area contributed by atoms with Gasteiger partial charge >= 0.3 is 0 Å². The van der Waals surface area contributed by atoms with Crippen molar-refractivity contribution in [2.75, 3.05) is 5.32 Å². The number of halogens is 2. The number of benzene rings is 1. The summed E-state index contributed by atoms with van der Waals surface area (Å²) in [5.41, 5.74) is 1.28. The average Bonchev–Trinajstić information content (AvgIpc) is 2.95. The summed E-state index contributed by atoms with van der Waals surface area (Å²) in [7, 11) is 0. The van der Waals surface area contributed by atoms with Gasteiger partial charge in [0.15, 0.2) is 16.3 Å². The van der Waals surface area contributed by atoms with E-state index in [0.717, 1.165) is 5.56 Å². The van der Waals surface area contributed by atoms with Crippen LogP contribution in [0, 0.1) is 0 Å². The van der Waals surface area contributed by atoms with Gasteiger partial charge in [0.2, 0.25) is 0 Å². The molecule has 1 N–H and O–H groups in total. The van der Waals surface area contributed by atoms with E-state index in [-0.39, 0.29) is 11.7 Å². The Morgan fingerprint density at radius 3 is 2.59 bits per heavy atom. The topological polar surface area (TPSA) is 68.0 Å². The Kier molecular flexibility index (Phi) is 4.22. The Bertz CT molecular complexity index is 818. The zero-order valence-electron chi connectivity index (χ0n) is 11.1. The Labute approximate surface area is 139 Å². The van der Waals surface area contributed by atoms with Gasteiger partial charge in [-0.25, -0.2) is 9.97 Å². The summed E-state index contributed by atoms with van der Waals surface area (Å²) in [4.78, 5) is 20.4. The van der Waals surface area contributed by atoms with E-state index in [2.05, 4.69) is 31.2 Å². The van der Waals surface area contributed by atoms with Gasteiger partial charge in [-0.1, -0.05) is 23.7 Å². The van der Waals surface area contributed by atoms with Crippen LogP contribution in [0.25, 0.3) is 11.4 Å². The second-order valence-electron chi connectivity index (χ2n) is 4.36. The number of hydrogen-bond acceptors (Lipinski definition) is 4. The lowest BCUT2D eigenvalue weighted by Gasteiger charge is -2.04. The highest BCUT2D eigenvalue weighted by atomic mass is 79.9. The molecular weight excluding hydrogens is 370 g/mol. The van der Waals surface area contributed by atoms with Crippen molar-refractivity contribution in [3.05, 3.63) is 64.2 Å².